The van der Waals surface area contributed by atoms with Crippen LogP contribution in [0, 0.1) is 0 Å². The van der Waals surface area contributed by atoms with Crippen molar-refractivity contribution in [3.63, 3.8) is 0 Å². The lowest BCUT2D eigenvalue weighted by atomic mass is 10.1. The molecule has 16 heavy (non-hydrogen) atoms. The second-order valence-electron chi connectivity index (χ2n) is 3.22. The van der Waals surface area contributed by atoms with Crippen molar-refractivity contribution in [1.82, 2.24) is 5.27 Å². The molecule has 0 aliphatic carbocycles. The molecule has 6 heteroatoms. The number of rotatable bonds is 3. The van der Waals surface area contributed by atoms with Crippen LogP contribution in [0.3, 0.4) is 0 Å². The molecule has 0 unspecified atom stereocenters. The zero-order chi connectivity index (χ0) is 11.5. The first-order valence-corrected chi connectivity index (χ1v) is 4.51. The molecule has 2 rings (SSSR count). The van der Waals surface area contributed by atoms with Gasteiger partial charge >= 0.3 is 5.97 Å². The Balaban J connectivity index is 2.14. The topological polar surface area (TPSA) is 90.3 Å². The highest BCUT2D eigenvalue weighted by atomic mass is 16.6. The van der Waals surface area contributed by atoms with Crippen molar-refractivity contribution >= 4 is 5.97 Å². The highest BCUT2D eigenvalue weighted by Gasteiger charge is 2.07. The molecule has 0 saturated heterocycles. The maximum absolute atomic E-state index is 10.7. The highest BCUT2D eigenvalue weighted by Crippen LogP contribution is 2.04. The Morgan fingerprint density at radius 2 is 2.12 bits per heavy atom. The zero-order valence-electron chi connectivity index (χ0n) is 8.16. The van der Waals surface area contributed by atoms with E-state index in [2.05, 4.69) is 9.79 Å². The maximum atomic E-state index is 10.7. The molecule has 2 aromatic rings. The normalized spacial score (nSPS) is 10.2. The van der Waals surface area contributed by atoms with Crippen molar-refractivity contribution in [1.29, 1.82) is 0 Å². The van der Waals surface area contributed by atoms with Gasteiger partial charge in [-0.05, 0) is 12.1 Å². The third-order valence-corrected chi connectivity index (χ3v) is 2.04. The molecule has 6 nitrogen and oxygen atoms in total. The van der Waals surface area contributed by atoms with Crippen molar-refractivity contribution in [3.8, 4) is 5.95 Å². The fourth-order valence-corrected chi connectivity index (χ4v) is 1.28. The highest BCUT2D eigenvalue weighted by molar-refractivity contribution is 5.87. The SMILES string of the molecule is O=C(O)c1ccc(C[n+]2cc([O-])on2)cc1. The zero-order valence-corrected chi connectivity index (χ0v) is 8.16. The molecule has 0 bridgehead atoms. The van der Waals surface area contributed by atoms with Crippen LogP contribution in [0.2, 0.25) is 0 Å². The molecular formula is C10H8N2O4. The van der Waals surface area contributed by atoms with E-state index in [0.717, 1.165) is 5.56 Å². The van der Waals surface area contributed by atoms with Gasteiger partial charge in [0, 0.05) is 5.56 Å². The van der Waals surface area contributed by atoms with Crippen LogP contribution in [-0.2, 0) is 6.54 Å². The molecule has 1 aromatic heterocycles. The number of aromatic carboxylic acids is 1. The van der Waals surface area contributed by atoms with Crippen LogP contribution in [0.1, 0.15) is 15.9 Å². The van der Waals surface area contributed by atoms with Gasteiger partial charge in [0.25, 0.3) is 0 Å². The number of hydrogen-bond donors (Lipinski definition) is 1. The summed E-state index contributed by atoms with van der Waals surface area (Å²) in [5.74, 6) is -1.48. The Kier molecular flexibility index (Phi) is 2.55. The van der Waals surface area contributed by atoms with E-state index in [1.165, 1.54) is 23.0 Å². The van der Waals surface area contributed by atoms with Gasteiger partial charge in [-0.3, -0.25) is 0 Å². The van der Waals surface area contributed by atoms with Crippen LogP contribution in [0.4, 0.5) is 0 Å². The van der Waals surface area contributed by atoms with Crippen molar-refractivity contribution in [2.75, 3.05) is 0 Å². The van der Waals surface area contributed by atoms with Crippen LogP contribution in [0.25, 0.3) is 0 Å². The molecule has 0 amide bonds. The van der Waals surface area contributed by atoms with Crippen LogP contribution >= 0.6 is 0 Å². The molecule has 0 saturated carbocycles. The third kappa shape index (κ3) is 2.17. The summed E-state index contributed by atoms with van der Waals surface area (Å²) < 4.78 is 5.71. The Labute approximate surface area is 90.3 Å². The van der Waals surface area contributed by atoms with Gasteiger partial charge in [0.05, 0.1) is 10.8 Å². The Bertz CT molecular complexity index is 504. The predicted octanol–water partition coefficient (Wildman–Crippen LogP) is -0.218. The number of hydrogen-bond acceptors (Lipinski definition) is 4. The summed E-state index contributed by atoms with van der Waals surface area (Å²) in [6.07, 6.45) is 1.23. The fraction of sp³-hybridized carbons (Fsp3) is 0.100. The molecule has 0 atom stereocenters. The van der Waals surface area contributed by atoms with Crippen LogP contribution in [0.5, 0.6) is 5.95 Å². The third-order valence-electron chi connectivity index (χ3n) is 2.04. The van der Waals surface area contributed by atoms with E-state index >= 15 is 0 Å². The fourth-order valence-electron chi connectivity index (χ4n) is 1.28. The first-order valence-electron chi connectivity index (χ1n) is 4.51. The quantitative estimate of drug-likeness (QED) is 0.722. The lowest BCUT2D eigenvalue weighted by Crippen LogP contribution is -2.35. The van der Waals surface area contributed by atoms with E-state index in [0.29, 0.717) is 6.54 Å². The minimum atomic E-state index is -0.970. The van der Waals surface area contributed by atoms with Crippen molar-refractivity contribution in [3.05, 3.63) is 41.6 Å². The van der Waals surface area contributed by atoms with Crippen molar-refractivity contribution < 1.29 is 24.2 Å². The molecule has 0 radical (unpaired) electrons. The lowest BCUT2D eigenvalue weighted by molar-refractivity contribution is -0.754. The Morgan fingerprint density at radius 1 is 1.44 bits per heavy atom. The van der Waals surface area contributed by atoms with Crippen LogP contribution < -0.4 is 9.79 Å². The van der Waals surface area contributed by atoms with Crippen LogP contribution in [0.15, 0.2) is 35.0 Å². The summed E-state index contributed by atoms with van der Waals surface area (Å²) in [6.45, 7) is 0.367. The van der Waals surface area contributed by atoms with E-state index in [1.807, 2.05) is 0 Å². The first kappa shape index (κ1) is 10.2. The van der Waals surface area contributed by atoms with Gasteiger partial charge in [0.2, 0.25) is 12.7 Å². The maximum Gasteiger partial charge on any atom is 0.335 e. The van der Waals surface area contributed by atoms with Crippen LogP contribution in [-0.4, -0.2) is 16.3 Å². The first-order chi connectivity index (χ1) is 7.65. The lowest BCUT2D eigenvalue weighted by Gasteiger charge is -1.95. The minimum absolute atomic E-state index is 0.221. The smallest absolute Gasteiger partial charge is 0.335 e. The summed E-state index contributed by atoms with van der Waals surface area (Å²) in [5, 5.41) is 22.9. The molecule has 0 spiro atoms. The number of aromatic nitrogens is 2. The number of carboxylic acids is 1. The average Bonchev–Trinajstić information content (AvgIpc) is 2.65. The number of benzene rings is 1. The molecule has 1 heterocycles. The average molecular weight is 220 g/mol. The summed E-state index contributed by atoms with van der Waals surface area (Å²) in [4.78, 5) is 10.6. The Hall–Kier alpha value is -2.37. The van der Waals surface area contributed by atoms with Crippen molar-refractivity contribution in [2.24, 2.45) is 0 Å². The van der Waals surface area contributed by atoms with Gasteiger partial charge in [-0.1, -0.05) is 16.8 Å². The molecule has 82 valence electrons. The van der Waals surface area contributed by atoms with Gasteiger partial charge in [0.1, 0.15) is 5.95 Å². The second-order valence-corrected chi connectivity index (χ2v) is 3.22. The number of carbonyl (C=O) groups is 1. The molecular weight excluding hydrogens is 212 g/mol. The number of carboxylic acid groups (broad SMARTS) is 1. The molecule has 1 N–H and O–H groups in total. The standard InChI is InChI=1S/C10H8N2O4/c13-9-6-12(11-16-9)5-7-1-3-8(4-2-7)10(14)15/h1-4,6H,5H2,(H-,11,13,14,15). The largest absolute Gasteiger partial charge is 0.539 e. The molecule has 0 fully saturated rings. The molecule has 0 aliphatic heterocycles. The van der Waals surface area contributed by atoms with E-state index in [-0.39, 0.29) is 5.56 Å². The molecule has 0 aliphatic rings. The second kappa shape index (κ2) is 4.01. The summed E-state index contributed by atoms with van der Waals surface area (Å²) in [7, 11) is 0. The van der Waals surface area contributed by atoms with Gasteiger partial charge in [-0.25, -0.2) is 4.79 Å². The number of nitrogens with zero attached hydrogens (tertiary/aromatic N) is 2. The predicted molar refractivity (Wildman–Crippen MR) is 48.6 cm³/mol. The van der Waals surface area contributed by atoms with Gasteiger partial charge in [-0.2, -0.15) is 0 Å². The van der Waals surface area contributed by atoms with E-state index in [4.69, 9.17) is 5.11 Å². The summed E-state index contributed by atoms with van der Waals surface area (Å²) >= 11 is 0. The molecule has 1 aromatic carbocycles. The summed E-state index contributed by atoms with van der Waals surface area (Å²) in [6, 6.07) is 6.32. The minimum Gasteiger partial charge on any atom is -0.539 e. The van der Waals surface area contributed by atoms with Gasteiger partial charge < -0.3 is 14.7 Å². The Morgan fingerprint density at radius 3 is 2.62 bits per heavy atom. The van der Waals surface area contributed by atoms with E-state index in [9.17, 15) is 9.90 Å². The van der Waals surface area contributed by atoms with Crippen molar-refractivity contribution in [2.45, 2.75) is 6.54 Å². The summed E-state index contributed by atoms with van der Waals surface area (Å²) in [5.41, 5.74) is 1.06. The van der Waals surface area contributed by atoms with Gasteiger partial charge in [-0.15, -0.1) is 0 Å². The van der Waals surface area contributed by atoms with E-state index < -0.39 is 11.9 Å². The van der Waals surface area contributed by atoms with Gasteiger partial charge in [0.15, 0.2) is 0 Å². The van der Waals surface area contributed by atoms with E-state index in [1.54, 1.807) is 12.1 Å². The monoisotopic (exact) mass is 220 g/mol.